The van der Waals surface area contributed by atoms with Crippen molar-refractivity contribution in [2.45, 2.75) is 25.1 Å². The van der Waals surface area contributed by atoms with E-state index < -0.39 is 29.7 Å². The number of fused-ring (bicyclic) bond motifs is 1. The molecule has 0 saturated heterocycles. The zero-order chi connectivity index (χ0) is 14.0. The third-order valence-corrected chi connectivity index (χ3v) is 3.31. The Morgan fingerprint density at radius 1 is 1.47 bits per heavy atom. The molecular formula is C12H14N2O5. The molecule has 7 heteroatoms. The molecule has 0 radical (unpaired) electrons. The zero-order valence-corrected chi connectivity index (χ0v) is 10.1. The minimum atomic E-state index is -1.31. The SMILES string of the molecule is O=C(O)N1Cc2ccccc2C[C@@H]1C(O)C[N+](=O)[O-]. The van der Waals surface area contributed by atoms with Gasteiger partial charge in [0.2, 0.25) is 6.54 Å². The van der Waals surface area contributed by atoms with Gasteiger partial charge < -0.3 is 10.2 Å². The van der Waals surface area contributed by atoms with Crippen LogP contribution in [-0.2, 0) is 13.0 Å². The van der Waals surface area contributed by atoms with Crippen LogP contribution in [0.3, 0.4) is 0 Å². The smallest absolute Gasteiger partial charge is 0.407 e. The van der Waals surface area contributed by atoms with Crippen molar-refractivity contribution in [2.24, 2.45) is 0 Å². The molecule has 0 aliphatic carbocycles. The topological polar surface area (TPSA) is 104 Å². The van der Waals surface area contributed by atoms with Crippen LogP contribution in [0.5, 0.6) is 0 Å². The lowest BCUT2D eigenvalue weighted by Gasteiger charge is -2.36. The molecule has 0 bridgehead atoms. The lowest BCUT2D eigenvalue weighted by molar-refractivity contribution is -0.491. The fraction of sp³-hybridized carbons (Fsp3) is 0.417. The largest absolute Gasteiger partial charge is 0.465 e. The van der Waals surface area contributed by atoms with E-state index in [-0.39, 0.29) is 13.0 Å². The maximum absolute atomic E-state index is 11.2. The Hall–Kier alpha value is -2.15. The van der Waals surface area contributed by atoms with Gasteiger partial charge in [-0.3, -0.25) is 15.0 Å². The molecule has 1 aliphatic heterocycles. The highest BCUT2D eigenvalue weighted by Crippen LogP contribution is 2.25. The second kappa shape index (κ2) is 5.23. The first-order valence-corrected chi connectivity index (χ1v) is 5.85. The first-order valence-electron chi connectivity index (χ1n) is 5.85. The summed E-state index contributed by atoms with van der Waals surface area (Å²) in [5.74, 6) is 0. The highest BCUT2D eigenvalue weighted by Gasteiger charge is 2.36. The van der Waals surface area contributed by atoms with Crippen LogP contribution in [0.4, 0.5) is 4.79 Å². The molecule has 1 amide bonds. The molecule has 102 valence electrons. The molecule has 2 rings (SSSR count). The van der Waals surface area contributed by atoms with E-state index in [1.165, 1.54) is 0 Å². The van der Waals surface area contributed by atoms with Crippen LogP contribution in [-0.4, -0.2) is 44.8 Å². The number of amides is 1. The second-order valence-electron chi connectivity index (χ2n) is 4.53. The quantitative estimate of drug-likeness (QED) is 0.620. The van der Waals surface area contributed by atoms with Gasteiger partial charge in [0.15, 0.2) is 0 Å². The summed E-state index contributed by atoms with van der Waals surface area (Å²) in [6.45, 7) is -0.512. The number of hydrogen-bond acceptors (Lipinski definition) is 4. The predicted octanol–water partition coefficient (Wildman–Crippen LogP) is 0.729. The summed E-state index contributed by atoms with van der Waals surface area (Å²) in [6.07, 6.45) is -2.20. The predicted molar refractivity (Wildman–Crippen MR) is 65.4 cm³/mol. The molecule has 0 aromatic heterocycles. The fourth-order valence-corrected chi connectivity index (χ4v) is 2.37. The molecule has 2 atom stereocenters. The van der Waals surface area contributed by atoms with E-state index >= 15 is 0 Å². The highest BCUT2D eigenvalue weighted by molar-refractivity contribution is 5.66. The minimum Gasteiger partial charge on any atom is -0.465 e. The molecule has 0 saturated carbocycles. The van der Waals surface area contributed by atoms with Gasteiger partial charge in [-0.05, 0) is 17.5 Å². The van der Waals surface area contributed by atoms with Gasteiger partial charge >= 0.3 is 6.09 Å². The molecule has 2 N–H and O–H groups in total. The fourth-order valence-electron chi connectivity index (χ4n) is 2.37. The van der Waals surface area contributed by atoms with Gasteiger partial charge in [-0.25, -0.2) is 4.79 Å². The molecular weight excluding hydrogens is 252 g/mol. The van der Waals surface area contributed by atoms with Gasteiger partial charge in [-0.2, -0.15) is 0 Å². The number of benzene rings is 1. The molecule has 1 unspecified atom stereocenters. The van der Waals surface area contributed by atoms with Crippen LogP contribution in [0.1, 0.15) is 11.1 Å². The molecule has 7 nitrogen and oxygen atoms in total. The average Bonchev–Trinajstić information content (AvgIpc) is 2.36. The summed E-state index contributed by atoms with van der Waals surface area (Å²) in [7, 11) is 0. The van der Waals surface area contributed by atoms with Crippen LogP contribution in [0.15, 0.2) is 24.3 Å². The maximum Gasteiger partial charge on any atom is 0.407 e. The Morgan fingerprint density at radius 3 is 2.68 bits per heavy atom. The number of aliphatic hydroxyl groups is 1. The molecule has 19 heavy (non-hydrogen) atoms. The number of aliphatic hydroxyl groups excluding tert-OH is 1. The standard InChI is InChI=1S/C12H14N2O5/c15-11(7-14(18)19)10-5-8-3-1-2-4-9(8)6-13(10)12(16)17/h1-4,10-11,15H,5-7H2,(H,16,17)/t10-,11?/m1/s1. The maximum atomic E-state index is 11.2. The van der Waals surface area contributed by atoms with Crippen LogP contribution >= 0.6 is 0 Å². The second-order valence-corrected chi connectivity index (χ2v) is 4.53. The number of carbonyl (C=O) groups is 1. The number of rotatable bonds is 3. The van der Waals surface area contributed by atoms with Gasteiger partial charge in [0.25, 0.3) is 0 Å². The van der Waals surface area contributed by atoms with Crippen molar-refractivity contribution >= 4 is 6.09 Å². The van der Waals surface area contributed by atoms with E-state index in [1.54, 1.807) is 0 Å². The molecule has 0 fully saturated rings. The summed E-state index contributed by atoms with van der Waals surface area (Å²) in [5, 5.41) is 29.5. The number of hydrogen-bond donors (Lipinski definition) is 2. The minimum absolute atomic E-state index is 0.144. The van der Waals surface area contributed by atoms with Gasteiger partial charge in [0.05, 0.1) is 6.04 Å². The molecule has 0 spiro atoms. The summed E-state index contributed by atoms with van der Waals surface area (Å²) < 4.78 is 0. The Labute approximate surface area is 109 Å². The van der Waals surface area contributed by atoms with Crippen molar-refractivity contribution in [3.05, 3.63) is 45.5 Å². The van der Waals surface area contributed by atoms with Crippen molar-refractivity contribution in [1.82, 2.24) is 4.90 Å². The van der Waals surface area contributed by atoms with Gasteiger partial charge in [0, 0.05) is 11.5 Å². The Bertz CT molecular complexity index is 505. The molecule has 1 aromatic rings. The van der Waals surface area contributed by atoms with Crippen LogP contribution in [0, 0.1) is 10.1 Å². The third-order valence-electron chi connectivity index (χ3n) is 3.31. The summed E-state index contributed by atoms with van der Waals surface area (Å²) in [4.78, 5) is 22.1. The van der Waals surface area contributed by atoms with Crippen LogP contribution < -0.4 is 0 Å². The first-order chi connectivity index (χ1) is 8.99. The first kappa shape index (κ1) is 13.3. The van der Waals surface area contributed by atoms with Gasteiger partial charge in [-0.1, -0.05) is 24.3 Å². The number of carboxylic acid groups (broad SMARTS) is 1. The van der Waals surface area contributed by atoms with Gasteiger partial charge in [0.1, 0.15) is 6.10 Å². The summed E-state index contributed by atoms with van der Waals surface area (Å²) >= 11 is 0. The van der Waals surface area contributed by atoms with E-state index in [0.717, 1.165) is 16.0 Å². The van der Waals surface area contributed by atoms with Gasteiger partial charge in [-0.15, -0.1) is 0 Å². The van der Waals surface area contributed by atoms with Crippen molar-refractivity contribution in [2.75, 3.05) is 6.54 Å². The van der Waals surface area contributed by atoms with E-state index in [9.17, 15) is 20.0 Å². The number of nitro groups is 1. The van der Waals surface area contributed by atoms with E-state index in [0.29, 0.717) is 0 Å². The highest BCUT2D eigenvalue weighted by atomic mass is 16.6. The molecule has 1 aromatic carbocycles. The average molecular weight is 266 g/mol. The van der Waals surface area contributed by atoms with Crippen molar-refractivity contribution < 1.29 is 19.9 Å². The van der Waals surface area contributed by atoms with E-state index in [4.69, 9.17) is 5.11 Å². The monoisotopic (exact) mass is 266 g/mol. The Morgan fingerprint density at radius 2 is 2.11 bits per heavy atom. The Balaban J connectivity index is 2.26. The summed E-state index contributed by atoms with van der Waals surface area (Å²) in [5.41, 5.74) is 1.79. The lowest BCUT2D eigenvalue weighted by atomic mass is 9.91. The number of nitrogens with zero attached hydrogens (tertiary/aromatic N) is 2. The normalized spacial score (nSPS) is 19.6. The lowest BCUT2D eigenvalue weighted by Crippen LogP contribution is -2.51. The van der Waals surface area contributed by atoms with Crippen molar-refractivity contribution in [3.8, 4) is 0 Å². The van der Waals surface area contributed by atoms with E-state index in [2.05, 4.69) is 0 Å². The third kappa shape index (κ3) is 2.82. The van der Waals surface area contributed by atoms with Crippen LogP contribution in [0.2, 0.25) is 0 Å². The van der Waals surface area contributed by atoms with Crippen molar-refractivity contribution in [3.63, 3.8) is 0 Å². The van der Waals surface area contributed by atoms with E-state index in [1.807, 2.05) is 24.3 Å². The zero-order valence-electron chi connectivity index (χ0n) is 10.1. The Kier molecular flexibility index (Phi) is 3.66. The molecule has 1 aliphatic rings. The van der Waals surface area contributed by atoms with Crippen LogP contribution in [0.25, 0.3) is 0 Å². The van der Waals surface area contributed by atoms with Crippen molar-refractivity contribution in [1.29, 1.82) is 0 Å². The molecule has 1 heterocycles. The summed E-state index contributed by atoms with van der Waals surface area (Å²) in [6, 6.07) is 6.53.